The van der Waals surface area contributed by atoms with Crippen molar-refractivity contribution in [2.45, 2.75) is 89.8 Å². The topological polar surface area (TPSA) is 15.3 Å². The number of rotatable bonds is 8. The summed E-state index contributed by atoms with van der Waals surface area (Å²) in [4.78, 5) is 2.82. The molecule has 0 radical (unpaired) electrons. The second-order valence-corrected chi connectivity index (χ2v) is 6.42. The van der Waals surface area contributed by atoms with Gasteiger partial charge >= 0.3 is 0 Å². The molecule has 2 heteroatoms. The first-order valence-electron chi connectivity index (χ1n) is 8.30. The van der Waals surface area contributed by atoms with Gasteiger partial charge in [0, 0.05) is 24.7 Å². The van der Waals surface area contributed by atoms with Crippen LogP contribution in [0.3, 0.4) is 0 Å². The number of hydrogen-bond acceptors (Lipinski definition) is 2. The van der Waals surface area contributed by atoms with Crippen molar-refractivity contribution >= 4 is 0 Å². The van der Waals surface area contributed by atoms with Crippen LogP contribution in [0.25, 0.3) is 0 Å². The van der Waals surface area contributed by atoms with Crippen LogP contribution in [0, 0.1) is 0 Å². The summed E-state index contributed by atoms with van der Waals surface area (Å²) in [6.07, 6.45) is 12.7. The highest BCUT2D eigenvalue weighted by Crippen LogP contribution is 2.30. The molecule has 0 aromatic heterocycles. The van der Waals surface area contributed by atoms with Crippen LogP contribution in [-0.4, -0.2) is 36.1 Å². The second kappa shape index (κ2) is 7.49. The quantitative estimate of drug-likeness (QED) is 0.665. The van der Waals surface area contributed by atoms with E-state index in [1.54, 1.807) is 0 Å². The van der Waals surface area contributed by atoms with Gasteiger partial charge in [-0.2, -0.15) is 0 Å². The third-order valence-electron chi connectivity index (χ3n) is 4.65. The van der Waals surface area contributed by atoms with Crippen molar-refractivity contribution in [2.75, 3.05) is 13.1 Å². The molecule has 1 aliphatic heterocycles. The molecule has 2 fully saturated rings. The highest BCUT2D eigenvalue weighted by Gasteiger charge is 2.33. The Morgan fingerprint density at radius 2 is 2.00 bits per heavy atom. The van der Waals surface area contributed by atoms with Crippen LogP contribution in [0.5, 0.6) is 0 Å². The Balaban J connectivity index is 1.75. The van der Waals surface area contributed by atoms with E-state index in [-0.39, 0.29) is 0 Å². The molecule has 2 nitrogen and oxygen atoms in total. The van der Waals surface area contributed by atoms with E-state index in [4.69, 9.17) is 0 Å². The lowest BCUT2D eigenvalue weighted by atomic mass is 10.0. The summed E-state index contributed by atoms with van der Waals surface area (Å²) in [5.74, 6) is 0. The van der Waals surface area contributed by atoms with Gasteiger partial charge < -0.3 is 5.32 Å². The second-order valence-electron chi connectivity index (χ2n) is 6.42. The summed E-state index contributed by atoms with van der Waals surface area (Å²) in [7, 11) is 0. The van der Waals surface area contributed by atoms with Gasteiger partial charge in [0.05, 0.1) is 0 Å². The zero-order chi connectivity index (χ0) is 12.8. The van der Waals surface area contributed by atoms with Crippen LogP contribution in [0.2, 0.25) is 0 Å². The summed E-state index contributed by atoms with van der Waals surface area (Å²) in [5.41, 5.74) is 0. The molecule has 106 valence electrons. The van der Waals surface area contributed by atoms with Crippen LogP contribution in [-0.2, 0) is 0 Å². The third-order valence-corrected chi connectivity index (χ3v) is 4.65. The molecule has 2 atom stereocenters. The summed E-state index contributed by atoms with van der Waals surface area (Å²) < 4.78 is 0. The van der Waals surface area contributed by atoms with E-state index in [1.165, 1.54) is 70.9 Å². The van der Waals surface area contributed by atoms with E-state index in [0.29, 0.717) is 0 Å². The number of unbranched alkanes of at least 4 members (excludes halogenated alkanes) is 2. The minimum absolute atomic E-state index is 0.771. The highest BCUT2D eigenvalue weighted by atomic mass is 15.2. The van der Waals surface area contributed by atoms with E-state index >= 15 is 0 Å². The van der Waals surface area contributed by atoms with Gasteiger partial charge in [0.15, 0.2) is 0 Å². The first-order valence-corrected chi connectivity index (χ1v) is 8.30. The lowest BCUT2D eigenvalue weighted by Crippen LogP contribution is -2.47. The highest BCUT2D eigenvalue weighted by molar-refractivity contribution is 4.90. The van der Waals surface area contributed by atoms with Gasteiger partial charge in [-0.25, -0.2) is 0 Å². The Bertz CT molecular complexity index is 219. The molecule has 2 aliphatic rings. The van der Waals surface area contributed by atoms with E-state index in [2.05, 4.69) is 24.1 Å². The van der Waals surface area contributed by atoms with Gasteiger partial charge in [-0.05, 0) is 45.6 Å². The molecular formula is C16H32N2. The van der Waals surface area contributed by atoms with Crippen molar-refractivity contribution in [3.63, 3.8) is 0 Å². The van der Waals surface area contributed by atoms with Crippen molar-refractivity contribution in [1.29, 1.82) is 0 Å². The zero-order valence-corrected chi connectivity index (χ0v) is 12.5. The Labute approximate surface area is 114 Å². The van der Waals surface area contributed by atoms with Crippen LogP contribution in [0.1, 0.15) is 71.6 Å². The fraction of sp³-hybridized carbons (Fsp3) is 1.00. The lowest BCUT2D eigenvalue weighted by molar-refractivity contribution is 0.157. The maximum atomic E-state index is 3.71. The van der Waals surface area contributed by atoms with Crippen molar-refractivity contribution in [1.82, 2.24) is 10.2 Å². The molecule has 2 rings (SSSR count). The smallest absolute Gasteiger partial charge is 0.0195 e. The molecule has 0 aromatic carbocycles. The van der Waals surface area contributed by atoms with Crippen molar-refractivity contribution in [3.8, 4) is 0 Å². The molecular weight excluding hydrogens is 220 g/mol. The van der Waals surface area contributed by atoms with Crippen molar-refractivity contribution in [3.05, 3.63) is 0 Å². The standard InChI is InChI=1S/C16H32N2/c1-3-4-5-8-14(2)18(16-10-11-16)13-15-9-6-7-12-17-15/h14-17H,3-13H2,1-2H3. The Morgan fingerprint density at radius 3 is 2.61 bits per heavy atom. The van der Waals surface area contributed by atoms with Crippen LogP contribution < -0.4 is 5.32 Å². The molecule has 18 heavy (non-hydrogen) atoms. The predicted octanol–water partition coefficient (Wildman–Crippen LogP) is 3.56. The fourth-order valence-corrected chi connectivity index (χ4v) is 3.28. The molecule has 0 spiro atoms. The van der Waals surface area contributed by atoms with E-state index < -0.39 is 0 Å². The maximum Gasteiger partial charge on any atom is 0.0195 e. The molecule has 1 heterocycles. The van der Waals surface area contributed by atoms with Gasteiger partial charge in [-0.3, -0.25) is 4.90 Å². The first kappa shape index (κ1) is 14.3. The van der Waals surface area contributed by atoms with E-state index in [9.17, 15) is 0 Å². The minimum Gasteiger partial charge on any atom is -0.313 e. The largest absolute Gasteiger partial charge is 0.313 e. The molecule has 1 saturated heterocycles. The lowest BCUT2D eigenvalue weighted by Gasteiger charge is -2.34. The maximum absolute atomic E-state index is 3.71. The normalized spacial score (nSPS) is 26.5. The van der Waals surface area contributed by atoms with Gasteiger partial charge in [-0.15, -0.1) is 0 Å². The van der Waals surface area contributed by atoms with E-state index in [0.717, 1.165) is 18.1 Å². The minimum atomic E-state index is 0.771. The molecule has 0 bridgehead atoms. The summed E-state index contributed by atoms with van der Waals surface area (Å²) >= 11 is 0. The molecule has 1 saturated carbocycles. The Kier molecular flexibility index (Phi) is 5.97. The third kappa shape index (κ3) is 4.55. The molecule has 1 N–H and O–H groups in total. The number of nitrogens with one attached hydrogen (secondary N) is 1. The predicted molar refractivity (Wildman–Crippen MR) is 79.0 cm³/mol. The number of hydrogen-bond donors (Lipinski definition) is 1. The van der Waals surface area contributed by atoms with Gasteiger partial charge in [0.1, 0.15) is 0 Å². The average molecular weight is 252 g/mol. The zero-order valence-electron chi connectivity index (χ0n) is 12.5. The SMILES string of the molecule is CCCCCC(C)N(CC1CCCCN1)C1CC1. The molecule has 0 amide bonds. The summed E-state index contributed by atoms with van der Waals surface area (Å²) in [5, 5.41) is 3.71. The fourth-order valence-electron chi connectivity index (χ4n) is 3.28. The van der Waals surface area contributed by atoms with Crippen molar-refractivity contribution < 1.29 is 0 Å². The van der Waals surface area contributed by atoms with Gasteiger partial charge in [0.25, 0.3) is 0 Å². The van der Waals surface area contributed by atoms with Gasteiger partial charge in [-0.1, -0.05) is 32.6 Å². The van der Waals surface area contributed by atoms with Crippen LogP contribution >= 0.6 is 0 Å². The number of nitrogens with zero attached hydrogens (tertiary/aromatic N) is 1. The number of piperidine rings is 1. The summed E-state index contributed by atoms with van der Waals surface area (Å²) in [6, 6.07) is 2.49. The monoisotopic (exact) mass is 252 g/mol. The van der Waals surface area contributed by atoms with Gasteiger partial charge in [0.2, 0.25) is 0 Å². The Hall–Kier alpha value is -0.0800. The van der Waals surface area contributed by atoms with Crippen LogP contribution in [0.4, 0.5) is 0 Å². The first-order chi connectivity index (χ1) is 8.81. The summed E-state index contributed by atoms with van der Waals surface area (Å²) in [6.45, 7) is 7.30. The van der Waals surface area contributed by atoms with E-state index in [1.807, 2.05) is 0 Å². The molecule has 0 aromatic rings. The molecule has 2 unspecified atom stereocenters. The van der Waals surface area contributed by atoms with Crippen molar-refractivity contribution in [2.24, 2.45) is 0 Å². The molecule has 1 aliphatic carbocycles. The van der Waals surface area contributed by atoms with Crippen LogP contribution in [0.15, 0.2) is 0 Å². The Morgan fingerprint density at radius 1 is 1.17 bits per heavy atom. The average Bonchev–Trinajstić information content (AvgIpc) is 3.21.